The number of thiophene rings is 1. The third kappa shape index (κ3) is 3.22. The molecule has 1 aromatic heterocycles. The van der Waals surface area contributed by atoms with Crippen LogP contribution >= 0.6 is 11.3 Å². The Morgan fingerprint density at radius 1 is 1.42 bits per heavy atom. The smallest absolute Gasteiger partial charge is 0.242 e. The Bertz CT molecular complexity index is 610. The Kier molecular flexibility index (Phi) is 4.35. The molecule has 3 fully saturated rings. The highest BCUT2D eigenvalue weighted by atomic mass is 32.1. The van der Waals surface area contributed by atoms with Crippen LogP contribution in [0.4, 0.5) is 0 Å². The van der Waals surface area contributed by atoms with Gasteiger partial charge in [-0.3, -0.25) is 14.5 Å². The first-order valence-corrected chi connectivity index (χ1v) is 9.89. The standard InChI is InChI=1S/C18H25N3O2S/c1-12(13-4-5-13)21(14-6-7-14)16(22)11-20-9-8-19-18(23)17(20)15-3-2-10-24-15/h2-3,10,12-14,17H,4-9,11H2,1H3,(H,19,23)/t12-,17+/m1/s1. The minimum Gasteiger partial charge on any atom is -0.353 e. The molecule has 0 aromatic carbocycles. The van der Waals surface area contributed by atoms with E-state index < -0.39 is 0 Å². The fourth-order valence-electron chi connectivity index (χ4n) is 3.82. The molecule has 4 rings (SSSR count). The number of hydrogen-bond donors (Lipinski definition) is 1. The van der Waals surface area contributed by atoms with Gasteiger partial charge in [0.15, 0.2) is 0 Å². The van der Waals surface area contributed by atoms with Crippen LogP contribution in [-0.4, -0.2) is 53.3 Å². The average Bonchev–Trinajstić information content (AvgIpc) is 3.47. The average molecular weight is 347 g/mol. The molecule has 3 aliphatic rings. The van der Waals surface area contributed by atoms with Gasteiger partial charge in [0.1, 0.15) is 6.04 Å². The zero-order valence-electron chi connectivity index (χ0n) is 14.1. The number of carbonyl (C=O) groups is 2. The second-order valence-electron chi connectivity index (χ2n) is 7.29. The molecule has 0 unspecified atom stereocenters. The largest absolute Gasteiger partial charge is 0.353 e. The highest BCUT2D eigenvalue weighted by Crippen LogP contribution is 2.40. The van der Waals surface area contributed by atoms with Crippen molar-refractivity contribution in [1.29, 1.82) is 0 Å². The van der Waals surface area contributed by atoms with Gasteiger partial charge < -0.3 is 10.2 Å². The molecule has 2 amide bonds. The summed E-state index contributed by atoms with van der Waals surface area (Å²) in [6.45, 7) is 3.91. The summed E-state index contributed by atoms with van der Waals surface area (Å²) in [6.07, 6.45) is 4.78. The van der Waals surface area contributed by atoms with Crippen LogP contribution < -0.4 is 5.32 Å². The number of hydrogen-bond acceptors (Lipinski definition) is 4. The lowest BCUT2D eigenvalue weighted by molar-refractivity contribution is -0.139. The maximum Gasteiger partial charge on any atom is 0.242 e. The van der Waals surface area contributed by atoms with Gasteiger partial charge in [-0.15, -0.1) is 11.3 Å². The van der Waals surface area contributed by atoms with Crippen LogP contribution in [0.15, 0.2) is 17.5 Å². The van der Waals surface area contributed by atoms with E-state index in [2.05, 4.69) is 22.0 Å². The molecule has 1 aromatic rings. The van der Waals surface area contributed by atoms with Gasteiger partial charge in [-0.25, -0.2) is 0 Å². The van der Waals surface area contributed by atoms with Crippen molar-refractivity contribution in [3.63, 3.8) is 0 Å². The highest BCUT2D eigenvalue weighted by Gasteiger charge is 2.43. The molecule has 2 saturated carbocycles. The molecule has 6 heteroatoms. The van der Waals surface area contributed by atoms with E-state index in [4.69, 9.17) is 0 Å². The summed E-state index contributed by atoms with van der Waals surface area (Å²) < 4.78 is 0. The number of carbonyl (C=O) groups excluding carboxylic acids is 2. The summed E-state index contributed by atoms with van der Waals surface area (Å²) in [7, 11) is 0. The fraction of sp³-hybridized carbons (Fsp3) is 0.667. The van der Waals surface area contributed by atoms with Gasteiger partial charge in [-0.05, 0) is 50.0 Å². The lowest BCUT2D eigenvalue weighted by atomic mass is 10.1. The second-order valence-corrected chi connectivity index (χ2v) is 8.27. The summed E-state index contributed by atoms with van der Waals surface area (Å²) in [5.74, 6) is 0.908. The highest BCUT2D eigenvalue weighted by molar-refractivity contribution is 7.10. The molecular weight excluding hydrogens is 322 g/mol. The Labute approximate surface area is 147 Å². The van der Waals surface area contributed by atoms with Crippen LogP contribution in [0.3, 0.4) is 0 Å². The molecule has 0 radical (unpaired) electrons. The molecular formula is C18H25N3O2S. The van der Waals surface area contributed by atoms with E-state index in [0.717, 1.165) is 24.3 Å². The maximum absolute atomic E-state index is 13.0. The lowest BCUT2D eigenvalue weighted by Gasteiger charge is -2.37. The van der Waals surface area contributed by atoms with Gasteiger partial charge >= 0.3 is 0 Å². The van der Waals surface area contributed by atoms with Crippen molar-refractivity contribution in [3.8, 4) is 0 Å². The zero-order chi connectivity index (χ0) is 16.7. The van der Waals surface area contributed by atoms with Gasteiger partial charge in [0.2, 0.25) is 11.8 Å². The predicted octanol–water partition coefficient (Wildman–Crippen LogP) is 2.01. The molecule has 0 spiro atoms. The summed E-state index contributed by atoms with van der Waals surface area (Å²) in [5.41, 5.74) is 0. The Hall–Kier alpha value is -1.40. The third-order valence-corrected chi connectivity index (χ3v) is 6.36. The van der Waals surface area contributed by atoms with Gasteiger partial charge in [0.05, 0.1) is 6.54 Å². The van der Waals surface area contributed by atoms with Crippen LogP contribution in [0.1, 0.15) is 43.5 Å². The van der Waals surface area contributed by atoms with E-state index in [0.29, 0.717) is 31.1 Å². The predicted molar refractivity (Wildman–Crippen MR) is 93.7 cm³/mol. The normalized spacial score (nSPS) is 26.0. The van der Waals surface area contributed by atoms with E-state index in [1.807, 2.05) is 17.5 Å². The first kappa shape index (κ1) is 16.1. The Morgan fingerprint density at radius 3 is 2.83 bits per heavy atom. The van der Waals surface area contributed by atoms with Crippen LogP contribution in [0.5, 0.6) is 0 Å². The summed E-state index contributed by atoms with van der Waals surface area (Å²) in [5, 5.41) is 4.93. The van der Waals surface area contributed by atoms with E-state index in [-0.39, 0.29) is 17.9 Å². The number of amides is 2. The first-order valence-electron chi connectivity index (χ1n) is 9.01. The Balaban J connectivity index is 1.49. The molecule has 130 valence electrons. The van der Waals surface area contributed by atoms with Crippen molar-refractivity contribution in [2.45, 2.75) is 50.7 Å². The van der Waals surface area contributed by atoms with Crippen molar-refractivity contribution in [2.75, 3.05) is 19.6 Å². The number of nitrogens with one attached hydrogen (secondary N) is 1. The molecule has 2 atom stereocenters. The van der Waals surface area contributed by atoms with Crippen LogP contribution in [0, 0.1) is 5.92 Å². The summed E-state index contributed by atoms with van der Waals surface area (Å²) in [4.78, 5) is 30.6. The van der Waals surface area contributed by atoms with Gasteiger partial charge in [0.25, 0.3) is 0 Å². The monoisotopic (exact) mass is 347 g/mol. The van der Waals surface area contributed by atoms with Crippen molar-refractivity contribution in [1.82, 2.24) is 15.1 Å². The van der Waals surface area contributed by atoms with Gasteiger partial charge in [-0.2, -0.15) is 0 Å². The van der Waals surface area contributed by atoms with E-state index in [9.17, 15) is 9.59 Å². The topological polar surface area (TPSA) is 52.7 Å². The molecule has 1 aliphatic heterocycles. The molecule has 2 heterocycles. The molecule has 24 heavy (non-hydrogen) atoms. The van der Waals surface area contributed by atoms with Crippen molar-refractivity contribution < 1.29 is 9.59 Å². The molecule has 0 bridgehead atoms. The SMILES string of the molecule is C[C@H](C1CC1)N(C(=O)CN1CCNC(=O)[C@@H]1c1cccs1)C1CC1. The maximum atomic E-state index is 13.0. The first-order chi connectivity index (χ1) is 11.6. The second kappa shape index (κ2) is 6.48. The van der Waals surface area contributed by atoms with Crippen molar-refractivity contribution in [3.05, 3.63) is 22.4 Å². The minimum atomic E-state index is -0.319. The number of piperazine rings is 1. The summed E-state index contributed by atoms with van der Waals surface area (Å²) >= 11 is 1.58. The van der Waals surface area contributed by atoms with Crippen LogP contribution in [0.2, 0.25) is 0 Å². The minimum absolute atomic E-state index is 0.0183. The van der Waals surface area contributed by atoms with Crippen molar-refractivity contribution >= 4 is 23.2 Å². The quantitative estimate of drug-likeness (QED) is 0.856. The fourth-order valence-corrected chi connectivity index (χ4v) is 4.67. The molecule has 2 aliphatic carbocycles. The number of nitrogens with zero attached hydrogens (tertiary/aromatic N) is 2. The third-order valence-electron chi connectivity index (χ3n) is 5.43. The molecule has 5 nitrogen and oxygen atoms in total. The van der Waals surface area contributed by atoms with Crippen LogP contribution in [-0.2, 0) is 9.59 Å². The number of rotatable bonds is 6. The van der Waals surface area contributed by atoms with E-state index >= 15 is 0 Å². The molecule has 1 N–H and O–H groups in total. The Morgan fingerprint density at radius 2 is 2.21 bits per heavy atom. The van der Waals surface area contributed by atoms with E-state index in [1.54, 1.807) is 11.3 Å². The molecule has 1 saturated heterocycles. The lowest BCUT2D eigenvalue weighted by Crippen LogP contribution is -2.54. The summed E-state index contributed by atoms with van der Waals surface area (Å²) in [6, 6.07) is 4.42. The van der Waals surface area contributed by atoms with Crippen molar-refractivity contribution in [2.24, 2.45) is 5.92 Å². The van der Waals surface area contributed by atoms with E-state index in [1.165, 1.54) is 12.8 Å². The van der Waals surface area contributed by atoms with Crippen LogP contribution in [0.25, 0.3) is 0 Å². The van der Waals surface area contributed by atoms with Gasteiger partial charge in [0, 0.05) is 30.1 Å². The zero-order valence-corrected chi connectivity index (χ0v) is 14.9. The van der Waals surface area contributed by atoms with Gasteiger partial charge in [-0.1, -0.05) is 6.07 Å².